The molecule has 0 spiro atoms. The Morgan fingerprint density at radius 2 is 1.68 bits per heavy atom. The Labute approximate surface area is 219 Å². The van der Waals surface area contributed by atoms with Gasteiger partial charge in [0.1, 0.15) is 0 Å². The van der Waals surface area contributed by atoms with Crippen molar-refractivity contribution in [1.82, 2.24) is 14.5 Å². The molecule has 13 heteroatoms. The van der Waals surface area contributed by atoms with Crippen molar-refractivity contribution in [3.05, 3.63) is 59.2 Å². The molecule has 0 aromatic heterocycles. The number of hydrogen-bond donors (Lipinski definition) is 1. The Bertz CT molecular complexity index is 1270. The molecule has 2 aromatic carbocycles. The molecule has 0 radical (unpaired) electrons. The summed E-state index contributed by atoms with van der Waals surface area (Å²) in [5.74, 6) is -0.526. The van der Waals surface area contributed by atoms with E-state index in [0.717, 1.165) is 12.1 Å². The molecular formula is C24H27F3N4O4S2. The van der Waals surface area contributed by atoms with E-state index in [1.807, 2.05) is 4.90 Å². The van der Waals surface area contributed by atoms with Gasteiger partial charge in [-0.25, -0.2) is 8.42 Å². The summed E-state index contributed by atoms with van der Waals surface area (Å²) in [5.41, 5.74) is 0.552. The van der Waals surface area contributed by atoms with Gasteiger partial charge in [0.25, 0.3) is 5.91 Å². The summed E-state index contributed by atoms with van der Waals surface area (Å²) in [4.78, 5) is 16.6. The summed E-state index contributed by atoms with van der Waals surface area (Å²) in [6, 6.07) is 9.58. The zero-order valence-electron chi connectivity index (χ0n) is 20.1. The van der Waals surface area contributed by atoms with Crippen LogP contribution in [0.4, 0.5) is 18.9 Å². The topological polar surface area (TPSA) is 82.2 Å². The number of hydrogen-bond acceptors (Lipinski definition) is 6. The number of carbonyl (C=O) groups is 1. The van der Waals surface area contributed by atoms with E-state index in [4.69, 9.17) is 17.0 Å². The molecule has 1 amide bonds. The van der Waals surface area contributed by atoms with E-state index in [2.05, 4.69) is 5.32 Å². The second-order valence-corrected chi connectivity index (χ2v) is 11.1. The van der Waals surface area contributed by atoms with Crippen LogP contribution < -0.4 is 10.2 Å². The van der Waals surface area contributed by atoms with Crippen molar-refractivity contribution in [3.63, 3.8) is 0 Å². The third kappa shape index (κ3) is 6.22. The van der Waals surface area contributed by atoms with Gasteiger partial charge >= 0.3 is 6.18 Å². The Balaban J connectivity index is 1.39. The van der Waals surface area contributed by atoms with E-state index in [-0.39, 0.29) is 28.7 Å². The van der Waals surface area contributed by atoms with Crippen molar-refractivity contribution in [2.75, 3.05) is 57.4 Å². The van der Waals surface area contributed by atoms with Crippen molar-refractivity contribution in [1.29, 1.82) is 0 Å². The molecule has 0 atom stereocenters. The summed E-state index contributed by atoms with van der Waals surface area (Å²) in [5, 5.41) is 2.85. The third-order valence-corrected chi connectivity index (χ3v) is 8.64. The molecule has 2 fully saturated rings. The first kappa shape index (κ1) is 27.3. The lowest BCUT2D eigenvalue weighted by molar-refractivity contribution is -0.137. The van der Waals surface area contributed by atoms with Crippen molar-refractivity contribution < 1.29 is 31.1 Å². The Morgan fingerprint density at radius 3 is 2.32 bits per heavy atom. The van der Waals surface area contributed by atoms with Gasteiger partial charge in [-0.2, -0.15) is 17.5 Å². The average molecular weight is 557 g/mol. The Morgan fingerprint density at radius 1 is 1.00 bits per heavy atom. The lowest BCUT2D eigenvalue weighted by Gasteiger charge is -2.37. The van der Waals surface area contributed by atoms with E-state index >= 15 is 0 Å². The van der Waals surface area contributed by atoms with E-state index < -0.39 is 27.7 Å². The monoisotopic (exact) mass is 556 g/mol. The predicted octanol–water partition coefficient (Wildman–Crippen LogP) is 2.87. The minimum Gasteiger partial charge on any atom is -0.379 e. The van der Waals surface area contributed by atoms with Crippen molar-refractivity contribution in [3.8, 4) is 0 Å². The Hall–Kier alpha value is -2.74. The van der Waals surface area contributed by atoms with Crippen LogP contribution in [0.1, 0.15) is 21.5 Å². The normalized spacial score (nSPS) is 17.5. The number of ether oxygens (including phenoxy) is 1. The number of alkyl halides is 3. The number of thiocarbonyl (C=S) groups is 1. The number of morpholine rings is 1. The van der Waals surface area contributed by atoms with Crippen LogP contribution >= 0.6 is 12.2 Å². The highest BCUT2D eigenvalue weighted by molar-refractivity contribution is 7.89. The van der Waals surface area contributed by atoms with Gasteiger partial charge in [0, 0.05) is 50.5 Å². The van der Waals surface area contributed by atoms with Gasteiger partial charge in [-0.1, -0.05) is 12.1 Å². The van der Waals surface area contributed by atoms with Gasteiger partial charge in [-0.05, 0) is 55.0 Å². The Kier molecular flexibility index (Phi) is 8.07. The van der Waals surface area contributed by atoms with Gasteiger partial charge in [0.05, 0.1) is 23.7 Å². The molecule has 2 heterocycles. The molecule has 200 valence electrons. The van der Waals surface area contributed by atoms with E-state index in [9.17, 15) is 26.4 Å². The van der Waals surface area contributed by atoms with Crippen LogP contribution in [0.15, 0.2) is 47.4 Å². The number of halogens is 3. The first-order valence-corrected chi connectivity index (χ1v) is 13.5. The van der Waals surface area contributed by atoms with Crippen LogP contribution in [0.3, 0.4) is 0 Å². The fourth-order valence-electron chi connectivity index (χ4n) is 4.23. The summed E-state index contributed by atoms with van der Waals surface area (Å²) in [6.07, 6.45) is -4.42. The fourth-order valence-corrected chi connectivity index (χ4v) is 5.94. The summed E-state index contributed by atoms with van der Waals surface area (Å²) >= 11 is 5.41. The molecule has 2 saturated heterocycles. The lowest BCUT2D eigenvalue weighted by Crippen LogP contribution is -2.52. The molecule has 1 N–H and O–H groups in total. The van der Waals surface area contributed by atoms with Gasteiger partial charge in [-0.3, -0.25) is 10.1 Å². The molecule has 4 rings (SSSR count). The number of benzene rings is 2. The number of carbonyl (C=O) groups excluding carboxylic acids is 1. The SMILES string of the molecule is Cc1ccc(S(=O)(=O)N2CCOCC2)cc1C(=O)NC(=S)N1CCN(c2cccc(C(F)(F)F)c2)CC1. The van der Waals surface area contributed by atoms with Gasteiger partial charge in [0.2, 0.25) is 10.0 Å². The van der Waals surface area contributed by atoms with E-state index in [1.54, 1.807) is 24.0 Å². The first-order chi connectivity index (χ1) is 17.5. The van der Waals surface area contributed by atoms with Crippen LogP contribution in [0.2, 0.25) is 0 Å². The molecular weight excluding hydrogens is 529 g/mol. The number of aryl methyl sites for hydroxylation is 1. The zero-order chi connectivity index (χ0) is 26.8. The fraction of sp³-hybridized carbons (Fsp3) is 0.417. The van der Waals surface area contributed by atoms with Gasteiger partial charge < -0.3 is 14.5 Å². The van der Waals surface area contributed by atoms with Crippen LogP contribution in [-0.2, 0) is 20.9 Å². The lowest BCUT2D eigenvalue weighted by atomic mass is 10.1. The first-order valence-electron chi connectivity index (χ1n) is 11.7. The van der Waals surface area contributed by atoms with Crippen LogP contribution in [0, 0.1) is 6.92 Å². The maximum absolute atomic E-state index is 13.1. The molecule has 2 aromatic rings. The molecule has 2 aliphatic heterocycles. The molecule has 2 aliphatic rings. The van der Waals surface area contributed by atoms with Gasteiger partial charge in [-0.15, -0.1) is 0 Å². The predicted molar refractivity (Wildman–Crippen MR) is 136 cm³/mol. The highest BCUT2D eigenvalue weighted by atomic mass is 32.2. The number of rotatable bonds is 4. The highest BCUT2D eigenvalue weighted by Crippen LogP contribution is 2.32. The number of amides is 1. The highest BCUT2D eigenvalue weighted by Gasteiger charge is 2.31. The number of sulfonamides is 1. The van der Waals surface area contributed by atoms with Crippen LogP contribution in [0.5, 0.6) is 0 Å². The molecule has 8 nitrogen and oxygen atoms in total. The molecule has 0 aliphatic carbocycles. The van der Waals surface area contributed by atoms with Gasteiger partial charge in [0.15, 0.2) is 5.11 Å². The minimum atomic E-state index is -4.42. The molecule has 0 saturated carbocycles. The number of anilines is 1. The molecule has 37 heavy (non-hydrogen) atoms. The van der Waals surface area contributed by atoms with Crippen molar-refractivity contribution >= 4 is 38.9 Å². The number of piperazine rings is 1. The van der Waals surface area contributed by atoms with E-state index in [0.29, 0.717) is 50.6 Å². The maximum Gasteiger partial charge on any atom is 0.416 e. The zero-order valence-corrected chi connectivity index (χ0v) is 21.8. The summed E-state index contributed by atoms with van der Waals surface area (Å²) < 4.78 is 71.7. The van der Waals surface area contributed by atoms with E-state index in [1.165, 1.54) is 22.5 Å². The smallest absolute Gasteiger partial charge is 0.379 e. The quantitative estimate of drug-likeness (QED) is 0.580. The maximum atomic E-state index is 13.1. The second kappa shape index (κ2) is 10.9. The molecule has 0 bridgehead atoms. The largest absolute Gasteiger partial charge is 0.416 e. The minimum absolute atomic E-state index is 0.0192. The average Bonchev–Trinajstić information content (AvgIpc) is 2.89. The summed E-state index contributed by atoms with van der Waals surface area (Å²) in [7, 11) is -3.77. The number of nitrogens with one attached hydrogen (secondary N) is 1. The third-order valence-electron chi connectivity index (χ3n) is 6.39. The van der Waals surface area contributed by atoms with Crippen molar-refractivity contribution in [2.24, 2.45) is 0 Å². The van der Waals surface area contributed by atoms with Crippen LogP contribution in [-0.4, -0.2) is 81.1 Å². The number of nitrogens with zero attached hydrogens (tertiary/aromatic N) is 3. The van der Waals surface area contributed by atoms with Crippen LogP contribution in [0.25, 0.3) is 0 Å². The second-order valence-electron chi connectivity index (χ2n) is 8.77. The van der Waals surface area contributed by atoms with Crippen molar-refractivity contribution in [2.45, 2.75) is 18.0 Å². The standard InChI is InChI=1S/C24H27F3N4O4S2/c1-17-5-6-20(37(33,34)31-11-13-35-14-12-31)16-21(17)22(32)28-23(36)30-9-7-29(8-10-30)19-4-2-3-18(15-19)24(25,26)27/h2-6,15-16H,7-14H2,1H3,(H,28,32,36). The molecule has 0 unspecified atom stereocenters. The summed E-state index contributed by atoms with van der Waals surface area (Å²) in [6.45, 7) is 4.47.